The van der Waals surface area contributed by atoms with Gasteiger partial charge in [0.2, 0.25) is 0 Å². The molecule has 0 aliphatic carbocycles. The molecule has 4 aromatic rings. The highest BCUT2D eigenvalue weighted by Gasteiger charge is 2.33. The van der Waals surface area contributed by atoms with Gasteiger partial charge in [-0.25, -0.2) is 14.4 Å². The minimum Gasteiger partial charge on any atom is -0.356 e. The normalized spacial score (nSPS) is 13.7. The van der Waals surface area contributed by atoms with Gasteiger partial charge >= 0.3 is 6.18 Å². The van der Waals surface area contributed by atoms with Crippen LogP contribution in [0.4, 0.5) is 29.1 Å². The summed E-state index contributed by atoms with van der Waals surface area (Å²) >= 11 is 0. The van der Waals surface area contributed by atoms with Crippen LogP contribution in [0.3, 0.4) is 0 Å². The summed E-state index contributed by atoms with van der Waals surface area (Å²) in [6.45, 7) is 1.70. The summed E-state index contributed by atoms with van der Waals surface area (Å²) in [5.41, 5.74) is -0.452. The van der Waals surface area contributed by atoms with Crippen molar-refractivity contribution in [3.05, 3.63) is 83.6 Å². The zero-order valence-corrected chi connectivity index (χ0v) is 17.8. The van der Waals surface area contributed by atoms with Gasteiger partial charge in [0.15, 0.2) is 0 Å². The summed E-state index contributed by atoms with van der Waals surface area (Å²) in [6.07, 6.45) is -2.03. The smallest absolute Gasteiger partial charge is 0.356 e. The number of hydrogen-bond donors (Lipinski definition) is 1. The fraction of sp³-hybridized carbons (Fsp3) is 0.208. The molecule has 0 bridgehead atoms. The van der Waals surface area contributed by atoms with Gasteiger partial charge in [0.25, 0.3) is 5.91 Å². The Balaban J connectivity index is 1.52. The van der Waals surface area contributed by atoms with E-state index in [0.29, 0.717) is 11.1 Å². The number of pyridine rings is 2. The summed E-state index contributed by atoms with van der Waals surface area (Å²) in [5.74, 6) is -0.295. The van der Waals surface area contributed by atoms with Gasteiger partial charge in [-0.05, 0) is 42.8 Å². The van der Waals surface area contributed by atoms with E-state index in [1.54, 1.807) is 18.2 Å². The minimum absolute atomic E-state index is 0.0527. The summed E-state index contributed by atoms with van der Waals surface area (Å²) in [4.78, 5) is 23.3. The molecule has 1 N–H and O–H groups in total. The molecule has 0 atom stereocenters. The molecule has 10 heteroatoms. The number of nitrogens with zero attached hydrogens (tertiary/aromatic N) is 4. The van der Waals surface area contributed by atoms with Crippen molar-refractivity contribution in [1.29, 1.82) is 0 Å². The third-order valence-electron chi connectivity index (χ3n) is 5.74. The van der Waals surface area contributed by atoms with Crippen molar-refractivity contribution in [3.63, 3.8) is 0 Å². The topological polar surface area (TPSA) is 63.1 Å². The maximum Gasteiger partial charge on any atom is 0.433 e. The summed E-state index contributed by atoms with van der Waals surface area (Å²) in [6, 6.07) is 12.9. The summed E-state index contributed by atoms with van der Waals surface area (Å²) in [7, 11) is 0. The van der Waals surface area contributed by atoms with E-state index in [1.807, 2.05) is 0 Å². The van der Waals surface area contributed by atoms with Gasteiger partial charge in [-0.3, -0.25) is 4.79 Å². The maximum absolute atomic E-state index is 14.3. The van der Waals surface area contributed by atoms with E-state index in [4.69, 9.17) is 0 Å². The van der Waals surface area contributed by atoms with Crippen molar-refractivity contribution in [3.8, 4) is 0 Å². The molecule has 5 rings (SSSR count). The molecule has 0 unspecified atom stereocenters. The van der Waals surface area contributed by atoms with Gasteiger partial charge in [-0.1, -0.05) is 18.2 Å². The molecule has 34 heavy (non-hydrogen) atoms. The zero-order chi connectivity index (χ0) is 23.9. The molecule has 1 aromatic carbocycles. The fourth-order valence-corrected chi connectivity index (χ4v) is 3.82. The summed E-state index contributed by atoms with van der Waals surface area (Å²) < 4.78 is 55.5. The number of rotatable bonds is 5. The highest BCUT2D eigenvalue weighted by molar-refractivity contribution is 6.06. The lowest BCUT2D eigenvalue weighted by atomic mass is 10.2. The van der Waals surface area contributed by atoms with Gasteiger partial charge in [-0.2, -0.15) is 13.2 Å². The van der Waals surface area contributed by atoms with Crippen molar-refractivity contribution < 1.29 is 22.4 Å². The molecular weight excluding hydrogens is 450 g/mol. The van der Waals surface area contributed by atoms with Gasteiger partial charge in [0.1, 0.15) is 28.7 Å². The van der Waals surface area contributed by atoms with Crippen LogP contribution in [0.1, 0.15) is 28.2 Å². The Morgan fingerprint density at radius 1 is 1.06 bits per heavy atom. The van der Waals surface area contributed by atoms with Crippen LogP contribution in [0.5, 0.6) is 0 Å². The Bertz CT molecular complexity index is 1360. The second-order valence-electron chi connectivity index (χ2n) is 8.01. The molecule has 1 aliphatic rings. The maximum atomic E-state index is 14.3. The van der Waals surface area contributed by atoms with E-state index in [-0.39, 0.29) is 23.4 Å². The number of fused-ring (bicyclic) bond motifs is 1. The predicted molar refractivity (Wildman–Crippen MR) is 119 cm³/mol. The monoisotopic (exact) mass is 469 g/mol. The average Bonchev–Trinajstić information content (AvgIpc) is 3.13. The molecule has 0 radical (unpaired) electrons. The first-order chi connectivity index (χ1) is 16.3. The molecule has 1 aliphatic heterocycles. The van der Waals surface area contributed by atoms with Crippen LogP contribution in [-0.4, -0.2) is 33.5 Å². The van der Waals surface area contributed by atoms with Crippen LogP contribution in [-0.2, 0) is 12.7 Å². The number of alkyl halides is 3. The standard InChI is InChI=1S/C24H19F4N5O/c25-18-5-2-1-4-16(18)14-33-19(12-15-6-8-20(24(26,27)28)31-22(15)33)23(34)30-17-7-9-21(29-13-17)32-10-3-11-32/h1-2,4-9,12-13H,3,10-11,14H2,(H,30,34). The molecule has 4 heterocycles. The predicted octanol–water partition coefficient (Wildman–Crippen LogP) is 5.10. The van der Waals surface area contributed by atoms with Crippen molar-refractivity contribution in [2.24, 2.45) is 0 Å². The molecule has 3 aromatic heterocycles. The van der Waals surface area contributed by atoms with Gasteiger partial charge in [0.05, 0.1) is 18.4 Å². The van der Waals surface area contributed by atoms with Crippen molar-refractivity contribution in [2.45, 2.75) is 19.1 Å². The van der Waals surface area contributed by atoms with Crippen LogP contribution in [0.15, 0.2) is 60.8 Å². The minimum atomic E-state index is -4.66. The SMILES string of the molecule is O=C(Nc1ccc(N2CCC2)nc1)c1cc2ccc(C(F)(F)F)nc2n1Cc1ccccc1F. The Labute approximate surface area is 191 Å². The molecule has 0 spiro atoms. The second-order valence-corrected chi connectivity index (χ2v) is 8.01. The van der Waals surface area contributed by atoms with Crippen LogP contribution in [0.2, 0.25) is 0 Å². The number of carbonyl (C=O) groups is 1. The van der Waals surface area contributed by atoms with Crippen LogP contribution < -0.4 is 10.2 Å². The lowest BCUT2D eigenvalue weighted by molar-refractivity contribution is -0.141. The number of nitrogens with one attached hydrogen (secondary N) is 1. The first kappa shape index (κ1) is 21.9. The van der Waals surface area contributed by atoms with Gasteiger partial charge < -0.3 is 14.8 Å². The van der Waals surface area contributed by atoms with Crippen molar-refractivity contribution in [2.75, 3.05) is 23.3 Å². The third-order valence-corrected chi connectivity index (χ3v) is 5.74. The third kappa shape index (κ3) is 4.18. The quantitative estimate of drug-likeness (QED) is 0.413. The first-order valence-corrected chi connectivity index (χ1v) is 10.6. The highest BCUT2D eigenvalue weighted by atomic mass is 19.4. The van der Waals surface area contributed by atoms with E-state index in [1.165, 1.54) is 41.1 Å². The largest absolute Gasteiger partial charge is 0.433 e. The lowest BCUT2D eigenvalue weighted by Crippen LogP contribution is -2.37. The molecule has 174 valence electrons. The number of anilines is 2. The number of hydrogen-bond acceptors (Lipinski definition) is 4. The summed E-state index contributed by atoms with van der Waals surface area (Å²) in [5, 5.41) is 3.06. The van der Waals surface area contributed by atoms with E-state index in [0.717, 1.165) is 31.4 Å². The van der Waals surface area contributed by atoms with Gasteiger partial charge in [0, 0.05) is 24.0 Å². The molecule has 0 saturated carbocycles. The zero-order valence-electron chi connectivity index (χ0n) is 17.8. The van der Waals surface area contributed by atoms with Crippen molar-refractivity contribution >= 4 is 28.4 Å². The average molecular weight is 469 g/mol. The van der Waals surface area contributed by atoms with Crippen LogP contribution in [0, 0.1) is 5.82 Å². The number of halogens is 4. The lowest BCUT2D eigenvalue weighted by Gasteiger charge is -2.31. The number of amides is 1. The number of benzene rings is 1. The van der Waals surface area contributed by atoms with Crippen molar-refractivity contribution in [1.82, 2.24) is 14.5 Å². The van der Waals surface area contributed by atoms with E-state index in [9.17, 15) is 22.4 Å². The molecule has 1 saturated heterocycles. The Morgan fingerprint density at radius 3 is 2.50 bits per heavy atom. The molecule has 6 nitrogen and oxygen atoms in total. The van der Waals surface area contributed by atoms with E-state index < -0.39 is 23.6 Å². The van der Waals surface area contributed by atoms with E-state index in [2.05, 4.69) is 20.2 Å². The Hall–Kier alpha value is -3.95. The molecule has 1 fully saturated rings. The molecular formula is C24H19F4N5O. The molecule has 1 amide bonds. The number of aromatic nitrogens is 3. The second kappa shape index (κ2) is 8.44. The number of carbonyl (C=O) groups excluding carboxylic acids is 1. The Morgan fingerprint density at radius 2 is 1.85 bits per heavy atom. The highest BCUT2D eigenvalue weighted by Crippen LogP contribution is 2.30. The van der Waals surface area contributed by atoms with E-state index >= 15 is 0 Å². The van der Waals surface area contributed by atoms with Gasteiger partial charge in [-0.15, -0.1) is 0 Å². The van der Waals surface area contributed by atoms with Crippen LogP contribution in [0.25, 0.3) is 11.0 Å². The van der Waals surface area contributed by atoms with Crippen LogP contribution >= 0.6 is 0 Å². The Kier molecular flexibility index (Phi) is 5.43. The fourth-order valence-electron chi connectivity index (χ4n) is 3.82. The first-order valence-electron chi connectivity index (χ1n) is 10.6.